The first-order valence-corrected chi connectivity index (χ1v) is 7.43. The Bertz CT molecular complexity index is 590. The van der Waals surface area contributed by atoms with Gasteiger partial charge in [-0.2, -0.15) is 15.0 Å². The third kappa shape index (κ3) is 3.14. The summed E-state index contributed by atoms with van der Waals surface area (Å²) < 4.78 is 1.70. The zero-order valence-electron chi connectivity index (χ0n) is 11.6. The van der Waals surface area contributed by atoms with Crippen LogP contribution in [0.15, 0.2) is 18.7 Å². The SMILES string of the molecule is OCCCC1CCCN1c1nc(Cl)nc(-n2ccnc2)n1. The topological polar surface area (TPSA) is 80.0 Å². The molecular formula is C13H17ClN6O. The van der Waals surface area contributed by atoms with E-state index < -0.39 is 0 Å². The van der Waals surface area contributed by atoms with Gasteiger partial charge in [-0.1, -0.05) is 0 Å². The molecule has 0 bridgehead atoms. The Morgan fingerprint density at radius 3 is 2.90 bits per heavy atom. The zero-order valence-corrected chi connectivity index (χ0v) is 12.3. The number of halogens is 1. The van der Waals surface area contributed by atoms with Crippen molar-refractivity contribution >= 4 is 17.5 Å². The van der Waals surface area contributed by atoms with Crippen LogP contribution >= 0.6 is 11.6 Å². The van der Waals surface area contributed by atoms with Gasteiger partial charge in [0.05, 0.1) is 0 Å². The van der Waals surface area contributed by atoms with Gasteiger partial charge in [-0.25, -0.2) is 4.98 Å². The standard InChI is InChI=1S/C13H17ClN6O/c14-11-16-12(19-7-5-15-9-19)18-13(17-11)20-6-1-3-10(20)4-2-8-21/h5,7,9-10,21H,1-4,6,8H2. The summed E-state index contributed by atoms with van der Waals surface area (Å²) in [6, 6.07) is 0.353. The molecule has 21 heavy (non-hydrogen) atoms. The van der Waals surface area contributed by atoms with Gasteiger partial charge in [-0.05, 0) is 37.3 Å². The monoisotopic (exact) mass is 308 g/mol. The number of nitrogens with zero attached hydrogens (tertiary/aromatic N) is 6. The molecule has 0 saturated carbocycles. The highest BCUT2D eigenvalue weighted by molar-refractivity contribution is 6.28. The molecule has 8 heteroatoms. The normalized spacial score (nSPS) is 18.4. The van der Waals surface area contributed by atoms with Crippen LogP contribution in [0.2, 0.25) is 5.28 Å². The van der Waals surface area contributed by atoms with Crippen molar-refractivity contribution in [3.63, 3.8) is 0 Å². The molecule has 0 spiro atoms. The number of anilines is 1. The van der Waals surface area contributed by atoms with Crippen molar-refractivity contribution in [1.82, 2.24) is 24.5 Å². The number of rotatable bonds is 5. The largest absolute Gasteiger partial charge is 0.396 e. The van der Waals surface area contributed by atoms with Gasteiger partial charge >= 0.3 is 0 Å². The van der Waals surface area contributed by atoms with E-state index in [2.05, 4.69) is 24.8 Å². The lowest BCUT2D eigenvalue weighted by molar-refractivity contribution is 0.279. The predicted molar refractivity (Wildman–Crippen MR) is 78.6 cm³/mol. The molecule has 1 unspecified atom stereocenters. The van der Waals surface area contributed by atoms with Gasteiger partial charge in [-0.3, -0.25) is 4.57 Å². The molecule has 7 nitrogen and oxygen atoms in total. The lowest BCUT2D eigenvalue weighted by atomic mass is 10.1. The minimum atomic E-state index is 0.177. The summed E-state index contributed by atoms with van der Waals surface area (Å²) in [5, 5.41) is 9.18. The summed E-state index contributed by atoms with van der Waals surface area (Å²) in [6.07, 6.45) is 8.96. The fourth-order valence-corrected chi connectivity index (χ4v) is 2.83. The first kappa shape index (κ1) is 14.2. The molecule has 0 amide bonds. The van der Waals surface area contributed by atoms with Crippen molar-refractivity contribution in [2.24, 2.45) is 0 Å². The molecule has 1 aliphatic rings. The van der Waals surface area contributed by atoms with Crippen LogP contribution in [0, 0.1) is 0 Å². The Morgan fingerprint density at radius 1 is 1.29 bits per heavy atom. The molecule has 1 aliphatic heterocycles. The molecule has 0 radical (unpaired) electrons. The second-order valence-corrected chi connectivity index (χ2v) is 5.37. The predicted octanol–water partition coefficient (Wildman–Crippen LogP) is 1.45. The first-order chi connectivity index (χ1) is 10.3. The maximum atomic E-state index is 9.01. The van der Waals surface area contributed by atoms with Crippen molar-refractivity contribution in [1.29, 1.82) is 0 Å². The van der Waals surface area contributed by atoms with E-state index in [-0.39, 0.29) is 11.9 Å². The van der Waals surface area contributed by atoms with Crippen molar-refractivity contribution < 1.29 is 5.11 Å². The molecule has 112 valence electrons. The molecule has 1 atom stereocenters. The average Bonchev–Trinajstić information content (AvgIpc) is 3.15. The maximum absolute atomic E-state index is 9.01. The molecule has 0 aromatic carbocycles. The van der Waals surface area contributed by atoms with Gasteiger partial charge in [-0.15, -0.1) is 0 Å². The van der Waals surface area contributed by atoms with Gasteiger partial charge in [0.15, 0.2) is 0 Å². The van der Waals surface area contributed by atoms with Crippen LogP contribution in [0.3, 0.4) is 0 Å². The molecule has 3 heterocycles. The number of aliphatic hydroxyl groups excluding tert-OH is 1. The Kier molecular flexibility index (Phi) is 4.31. The van der Waals surface area contributed by atoms with Crippen molar-refractivity contribution in [2.45, 2.75) is 31.7 Å². The highest BCUT2D eigenvalue weighted by Crippen LogP contribution is 2.26. The van der Waals surface area contributed by atoms with Crippen LogP contribution < -0.4 is 4.90 Å². The molecule has 2 aromatic rings. The minimum Gasteiger partial charge on any atom is -0.396 e. The van der Waals surface area contributed by atoms with Gasteiger partial charge in [0, 0.05) is 31.6 Å². The fraction of sp³-hybridized carbons (Fsp3) is 0.538. The van der Waals surface area contributed by atoms with E-state index in [0.29, 0.717) is 17.9 Å². The summed E-state index contributed by atoms with van der Waals surface area (Å²) in [6.45, 7) is 1.11. The molecule has 0 aliphatic carbocycles. The second-order valence-electron chi connectivity index (χ2n) is 5.03. The summed E-state index contributed by atoms with van der Waals surface area (Å²) >= 11 is 6.03. The van der Waals surface area contributed by atoms with Gasteiger partial charge in [0.2, 0.25) is 17.2 Å². The van der Waals surface area contributed by atoms with Crippen molar-refractivity contribution in [3.05, 3.63) is 24.0 Å². The van der Waals surface area contributed by atoms with E-state index in [9.17, 15) is 0 Å². The van der Waals surface area contributed by atoms with Crippen LogP contribution in [0.5, 0.6) is 0 Å². The van der Waals surface area contributed by atoms with E-state index >= 15 is 0 Å². The van der Waals surface area contributed by atoms with Crippen molar-refractivity contribution in [3.8, 4) is 5.95 Å². The first-order valence-electron chi connectivity index (χ1n) is 7.05. The third-order valence-electron chi connectivity index (χ3n) is 3.65. The summed E-state index contributed by atoms with van der Waals surface area (Å²) in [4.78, 5) is 19.0. The van der Waals surface area contributed by atoms with E-state index in [1.807, 2.05) is 0 Å². The van der Waals surface area contributed by atoms with Crippen LogP contribution in [0.25, 0.3) is 5.95 Å². The van der Waals surface area contributed by atoms with Crippen LogP contribution in [-0.2, 0) is 0 Å². The lowest BCUT2D eigenvalue weighted by Gasteiger charge is -2.24. The van der Waals surface area contributed by atoms with Gasteiger partial charge < -0.3 is 10.0 Å². The number of imidazole rings is 1. The molecule has 2 aromatic heterocycles. The fourth-order valence-electron chi connectivity index (χ4n) is 2.68. The molecule has 1 N–H and O–H groups in total. The van der Waals surface area contributed by atoms with Gasteiger partial charge in [0.1, 0.15) is 6.33 Å². The number of hydrogen-bond acceptors (Lipinski definition) is 6. The zero-order chi connectivity index (χ0) is 14.7. The average molecular weight is 309 g/mol. The molecule has 1 fully saturated rings. The van der Waals surface area contributed by atoms with E-state index in [0.717, 1.165) is 32.2 Å². The molecular weight excluding hydrogens is 292 g/mol. The Labute approximate surface area is 127 Å². The van der Waals surface area contributed by atoms with E-state index in [1.54, 1.807) is 23.3 Å². The highest BCUT2D eigenvalue weighted by atomic mass is 35.5. The van der Waals surface area contributed by atoms with Crippen molar-refractivity contribution in [2.75, 3.05) is 18.1 Å². The lowest BCUT2D eigenvalue weighted by Crippen LogP contribution is -2.31. The van der Waals surface area contributed by atoms with Crippen LogP contribution in [-0.4, -0.2) is 48.8 Å². The number of aliphatic hydroxyl groups is 1. The van der Waals surface area contributed by atoms with E-state index in [4.69, 9.17) is 16.7 Å². The third-order valence-corrected chi connectivity index (χ3v) is 3.82. The quantitative estimate of drug-likeness (QED) is 0.900. The second kappa shape index (κ2) is 6.36. The maximum Gasteiger partial charge on any atom is 0.241 e. The van der Waals surface area contributed by atoms with E-state index in [1.165, 1.54) is 0 Å². The van der Waals surface area contributed by atoms with Gasteiger partial charge in [0.25, 0.3) is 0 Å². The number of hydrogen-bond donors (Lipinski definition) is 1. The van der Waals surface area contributed by atoms with Crippen LogP contribution in [0.1, 0.15) is 25.7 Å². The number of aromatic nitrogens is 5. The Balaban J connectivity index is 1.87. The Morgan fingerprint density at radius 2 is 2.14 bits per heavy atom. The minimum absolute atomic E-state index is 0.177. The highest BCUT2D eigenvalue weighted by Gasteiger charge is 2.27. The van der Waals surface area contributed by atoms with Crippen LogP contribution in [0.4, 0.5) is 5.95 Å². The summed E-state index contributed by atoms with van der Waals surface area (Å²) in [5.41, 5.74) is 0. The molecule has 1 saturated heterocycles. The summed E-state index contributed by atoms with van der Waals surface area (Å²) in [5.74, 6) is 1.06. The Hall–Kier alpha value is -1.73. The molecule has 3 rings (SSSR count). The smallest absolute Gasteiger partial charge is 0.241 e. The summed E-state index contributed by atoms with van der Waals surface area (Å²) in [7, 11) is 0.